The SMILES string of the molecule is CC(C)(C)OC(=O)CCNC(=O)c1cc(NC(=O)CCNC(=O)OC(C)(C)C)ccc1N. The molecule has 0 fully saturated rings. The van der Waals surface area contributed by atoms with Crippen molar-refractivity contribution in [3.63, 3.8) is 0 Å². The largest absolute Gasteiger partial charge is 0.460 e. The van der Waals surface area contributed by atoms with Crippen LogP contribution in [0, 0.1) is 0 Å². The molecule has 1 aromatic rings. The molecule has 1 rings (SSSR count). The molecule has 10 nitrogen and oxygen atoms in total. The van der Waals surface area contributed by atoms with E-state index in [0.29, 0.717) is 5.69 Å². The number of carbonyl (C=O) groups excluding carboxylic acids is 4. The summed E-state index contributed by atoms with van der Waals surface area (Å²) in [4.78, 5) is 47.9. The third kappa shape index (κ3) is 11.2. The maximum absolute atomic E-state index is 12.4. The Bertz CT molecular complexity index is 840. The van der Waals surface area contributed by atoms with Crippen LogP contribution >= 0.6 is 0 Å². The Labute approximate surface area is 188 Å². The molecule has 0 atom stereocenters. The van der Waals surface area contributed by atoms with Gasteiger partial charge in [-0.05, 0) is 59.7 Å². The summed E-state index contributed by atoms with van der Waals surface area (Å²) < 4.78 is 10.3. The van der Waals surface area contributed by atoms with E-state index in [-0.39, 0.29) is 43.1 Å². The minimum Gasteiger partial charge on any atom is -0.460 e. The molecule has 10 heteroatoms. The van der Waals surface area contributed by atoms with Crippen LogP contribution in [-0.2, 0) is 19.1 Å². The molecule has 1 aromatic carbocycles. The predicted octanol–water partition coefficient (Wildman–Crippen LogP) is 2.58. The van der Waals surface area contributed by atoms with E-state index < -0.39 is 29.2 Å². The van der Waals surface area contributed by atoms with Crippen LogP contribution in [0.5, 0.6) is 0 Å². The van der Waals surface area contributed by atoms with Gasteiger partial charge in [-0.15, -0.1) is 0 Å². The molecule has 0 saturated heterocycles. The highest BCUT2D eigenvalue weighted by Gasteiger charge is 2.18. The summed E-state index contributed by atoms with van der Waals surface area (Å²) in [7, 11) is 0. The quantitative estimate of drug-likeness (QED) is 0.351. The van der Waals surface area contributed by atoms with Crippen LogP contribution in [0.15, 0.2) is 18.2 Å². The van der Waals surface area contributed by atoms with Gasteiger partial charge in [0.05, 0.1) is 12.0 Å². The third-order valence-corrected chi connectivity index (χ3v) is 3.64. The molecule has 0 unspecified atom stereocenters. The highest BCUT2D eigenvalue weighted by molar-refractivity contribution is 6.01. The van der Waals surface area contributed by atoms with E-state index in [0.717, 1.165) is 0 Å². The van der Waals surface area contributed by atoms with Gasteiger partial charge < -0.3 is 31.2 Å². The van der Waals surface area contributed by atoms with Gasteiger partial charge in [0.1, 0.15) is 11.2 Å². The summed E-state index contributed by atoms with van der Waals surface area (Å²) in [5.74, 6) is -1.26. The molecule has 0 heterocycles. The highest BCUT2D eigenvalue weighted by atomic mass is 16.6. The van der Waals surface area contributed by atoms with Crippen LogP contribution in [0.3, 0.4) is 0 Å². The first kappa shape index (κ1) is 26.7. The zero-order valence-electron chi connectivity index (χ0n) is 19.6. The van der Waals surface area contributed by atoms with Crippen molar-refractivity contribution in [1.82, 2.24) is 10.6 Å². The number of rotatable bonds is 8. The van der Waals surface area contributed by atoms with E-state index in [9.17, 15) is 19.2 Å². The number of benzene rings is 1. The monoisotopic (exact) mass is 450 g/mol. The average Bonchev–Trinajstić information content (AvgIpc) is 2.60. The molecule has 0 aliphatic carbocycles. The van der Waals surface area contributed by atoms with Crippen molar-refractivity contribution in [3.8, 4) is 0 Å². The lowest BCUT2D eigenvalue weighted by Gasteiger charge is -2.19. The molecular weight excluding hydrogens is 416 g/mol. The van der Waals surface area contributed by atoms with Crippen LogP contribution in [0.1, 0.15) is 64.7 Å². The molecule has 32 heavy (non-hydrogen) atoms. The molecule has 0 spiro atoms. The van der Waals surface area contributed by atoms with Gasteiger partial charge in [0, 0.05) is 30.9 Å². The van der Waals surface area contributed by atoms with E-state index in [1.807, 2.05) is 0 Å². The van der Waals surface area contributed by atoms with Gasteiger partial charge in [-0.2, -0.15) is 0 Å². The van der Waals surface area contributed by atoms with Crippen molar-refractivity contribution < 1.29 is 28.7 Å². The fourth-order valence-corrected chi connectivity index (χ4v) is 2.41. The van der Waals surface area contributed by atoms with E-state index in [4.69, 9.17) is 15.2 Å². The van der Waals surface area contributed by atoms with Crippen molar-refractivity contribution in [2.45, 2.75) is 65.6 Å². The highest BCUT2D eigenvalue weighted by Crippen LogP contribution is 2.18. The number of esters is 1. The number of carbonyl (C=O) groups is 4. The van der Waals surface area contributed by atoms with Crippen molar-refractivity contribution in [2.75, 3.05) is 24.1 Å². The molecule has 0 radical (unpaired) electrons. The lowest BCUT2D eigenvalue weighted by molar-refractivity contribution is -0.154. The Morgan fingerprint density at radius 2 is 1.47 bits per heavy atom. The molecule has 0 saturated carbocycles. The first-order valence-electron chi connectivity index (χ1n) is 10.3. The average molecular weight is 451 g/mol. The summed E-state index contributed by atoms with van der Waals surface area (Å²) in [6.07, 6.45) is -0.575. The van der Waals surface area contributed by atoms with Crippen LogP contribution in [0.4, 0.5) is 16.2 Å². The second-order valence-electron chi connectivity index (χ2n) is 9.12. The normalized spacial score (nSPS) is 11.3. The molecule has 0 aromatic heterocycles. The number of ether oxygens (including phenoxy) is 2. The Morgan fingerprint density at radius 3 is 2.06 bits per heavy atom. The zero-order chi connectivity index (χ0) is 24.5. The predicted molar refractivity (Wildman–Crippen MR) is 121 cm³/mol. The number of amides is 3. The van der Waals surface area contributed by atoms with Gasteiger partial charge in [0.25, 0.3) is 5.91 Å². The molecule has 3 amide bonds. The number of alkyl carbamates (subject to hydrolysis) is 1. The van der Waals surface area contributed by atoms with Gasteiger partial charge >= 0.3 is 12.1 Å². The summed E-state index contributed by atoms with van der Waals surface area (Å²) in [6, 6.07) is 4.50. The van der Waals surface area contributed by atoms with Crippen LogP contribution in [-0.4, -0.2) is 48.2 Å². The topological polar surface area (TPSA) is 149 Å². The number of nitrogen functional groups attached to an aromatic ring is 1. The maximum atomic E-state index is 12.4. The third-order valence-electron chi connectivity index (χ3n) is 3.64. The molecule has 0 aliphatic rings. The smallest absolute Gasteiger partial charge is 0.407 e. The van der Waals surface area contributed by atoms with Gasteiger partial charge in [-0.1, -0.05) is 0 Å². The van der Waals surface area contributed by atoms with E-state index >= 15 is 0 Å². The van der Waals surface area contributed by atoms with E-state index in [1.165, 1.54) is 12.1 Å². The lowest BCUT2D eigenvalue weighted by Crippen LogP contribution is -2.34. The zero-order valence-corrected chi connectivity index (χ0v) is 19.6. The number of nitrogens with two attached hydrogens (primary N) is 1. The fraction of sp³-hybridized carbons (Fsp3) is 0.545. The Hall–Kier alpha value is -3.30. The van der Waals surface area contributed by atoms with Gasteiger partial charge in [0.15, 0.2) is 0 Å². The molecule has 0 bridgehead atoms. The number of hydrogen-bond donors (Lipinski definition) is 4. The van der Waals surface area contributed by atoms with Crippen LogP contribution in [0.25, 0.3) is 0 Å². The number of anilines is 2. The van der Waals surface area contributed by atoms with Crippen LogP contribution < -0.4 is 21.7 Å². The summed E-state index contributed by atoms with van der Waals surface area (Å²) in [6.45, 7) is 10.7. The molecule has 178 valence electrons. The van der Waals surface area contributed by atoms with Crippen molar-refractivity contribution in [3.05, 3.63) is 23.8 Å². The summed E-state index contributed by atoms with van der Waals surface area (Å²) in [5, 5.41) is 7.75. The molecule has 0 aliphatic heterocycles. The first-order valence-corrected chi connectivity index (χ1v) is 10.3. The van der Waals surface area contributed by atoms with Gasteiger partial charge in [-0.3, -0.25) is 14.4 Å². The van der Waals surface area contributed by atoms with E-state index in [2.05, 4.69) is 16.0 Å². The summed E-state index contributed by atoms with van der Waals surface area (Å²) in [5.41, 5.74) is 5.42. The number of nitrogens with one attached hydrogen (secondary N) is 3. The fourth-order valence-electron chi connectivity index (χ4n) is 2.41. The van der Waals surface area contributed by atoms with Crippen molar-refractivity contribution in [2.24, 2.45) is 0 Å². The second kappa shape index (κ2) is 11.4. The van der Waals surface area contributed by atoms with Crippen molar-refractivity contribution in [1.29, 1.82) is 0 Å². The molecular formula is C22H34N4O6. The van der Waals surface area contributed by atoms with E-state index in [1.54, 1.807) is 47.6 Å². The minimum absolute atomic E-state index is 0.0149. The van der Waals surface area contributed by atoms with Gasteiger partial charge in [-0.25, -0.2) is 4.79 Å². The minimum atomic E-state index is -0.625. The Morgan fingerprint density at radius 1 is 0.875 bits per heavy atom. The maximum Gasteiger partial charge on any atom is 0.407 e. The number of hydrogen-bond acceptors (Lipinski definition) is 7. The van der Waals surface area contributed by atoms with Gasteiger partial charge in [0.2, 0.25) is 5.91 Å². The standard InChI is InChI=1S/C22H34N4O6/c1-21(2,3)31-18(28)10-12-24-19(29)15-13-14(7-8-16(15)23)26-17(27)9-11-25-20(30)32-22(4,5)6/h7-8,13H,9-12,23H2,1-6H3,(H,24,29)(H,25,30)(H,26,27). The first-order chi connectivity index (χ1) is 14.7. The van der Waals surface area contributed by atoms with Crippen molar-refractivity contribution >= 4 is 35.3 Å². The Kier molecular flexibility index (Phi) is 9.49. The summed E-state index contributed by atoms with van der Waals surface area (Å²) >= 11 is 0. The van der Waals surface area contributed by atoms with Crippen LogP contribution in [0.2, 0.25) is 0 Å². The molecule has 5 N–H and O–H groups in total. The second-order valence-corrected chi connectivity index (χ2v) is 9.12. The Balaban J connectivity index is 2.54. The lowest BCUT2D eigenvalue weighted by atomic mass is 10.1.